The van der Waals surface area contributed by atoms with Crippen molar-refractivity contribution in [3.63, 3.8) is 0 Å². The lowest BCUT2D eigenvalue weighted by Crippen LogP contribution is -2.03. The Balaban J connectivity index is 2.57. The van der Waals surface area contributed by atoms with E-state index in [1.165, 1.54) is 19.3 Å². The molecule has 0 bridgehead atoms. The van der Waals surface area contributed by atoms with Crippen LogP contribution in [0.15, 0.2) is 12.1 Å². The minimum absolute atomic E-state index is 0.624. The van der Waals surface area contributed by atoms with Gasteiger partial charge >= 0.3 is 0 Å². The van der Waals surface area contributed by atoms with E-state index in [9.17, 15) is 0 Å². The monoisotopic (exact) mass is 226 g/mol. The Morgan fingerprint density at radius 3 is 2.73 bits per heavy atom. The normalized spacial score (nSPS) is 10.3. The quantitative estimate of drug-likeness (QED) is 0.592. The van der Waals surface area contributed by atoms with Crippen molar-refractivity contribution < 1.29 is 0 Å². The average Bonchev–Trinajstić information content (AvgIpc) is 2.20. The molecule has 0 aliphatic carbocycles. The van der Waals surface area contributed by atoms with Crippen LogP contribution in [0.1, 0.15) is 31.7 Å². The van der Waals surface area contributed by atoms with Gasteiger partial charge in [-0.2, -0.15) is 0 Å². The van der Waals surface area contributed by atoms with Crippen LogP contribution in [0, 0.1) is 6.92 Å². The summed E-state index contributed by atoms with van der Waals surface area (Å²) in [6.07, 6.45) is 3.69. The second-order valence-corrected chi connectivity index (χ2v) is 4.23. The molecule has 0 saturated carbocycles. The molecular weight excluding hydrogens is 208 g/mol. The summed E-state index contributed by atoms with van der Waals surface area (Å²) in [4.78, 5) is 0. The summed E-state index contributed by atoms with van der Waals surface area (Å²) in [5, 5.41) is 4.00. The van der Waals surface area contributed by atoms with E-state index in [1.54, 1.807) is 0 Å². The molecule has 0 aliphatic heterocycles. The zero-order valence-electron chi connectivity index (χ0n) is 9.44. The van der Waals surface area contributed by atoms with E-state index < -0.39 is 0 Å². The summed E-state index contributed by atoms with van der Waals surface area (Å²) >= 11 is 5.96. The topological polar surface area (TPSA) is 38.0 Å². The average molecular weight is 227 g/mol. The molecule has 0 aliphatic rings. The molecule has 1 rings (SSSR count). The number of halogens is 1. The van der Waals surface area contributed by atoms with Crippen LogP contribution in [-0.4, -0.2) is 6.54 Å². The summed E-state index contributed by atoms with van der Waals surface area (Å²) < 4.78 is 0. The van der Waals surface area contributed by atoms with Crippen LogP contribution in [0.25, 0.3) is 0 Å². The Morgan fingerprint density at radius 2 is 2.07 bits per heavy atom. The highest BCUT2D eigenvalue weighted by Gasteiger charge is 2.02. The molecule has 1 aromatic carbocycles. The van der Waals surface area contributed by atoms with Gasteiger partial charge in [-0.25, -0.2) is 0 Å². The van der Waals surface area contributed by atoms with E-state index in [1.807, 2.05) is 19.1 Å². The number of aryl methyl sites for hydroxylation is 1. The Hall–Kier alpha value is -0.890. The van der Waals surface area contributed by atoms with Crippen molar-refractivity contribution in [2.24, 2.45) is 0 Å². The first-order valence-corrected chi connectivity index (χ1v) is 5.82. The van der Waals surface area contributed by atoms with Gasteiger partial charge in [0.05, 0.1) is 10.7 Å². The highest BCUT2D eigenvalue weighted by Crippen LogP contribution is 2.26. The molecule has 3 N–H and O–H groups in total. The maximum atomic E-state index is 5.96. The second-order valence-electron chi connectivity index (χ2n) is 3.82. The number of hydrogen-bond donors (Lipinski definition) is 2. The Labute approximate surface area is 96.8 Å². The predicted octanol–water partition coefficient (Wildman–Crippen LogP) is 3.83. The number of rotatable bonds is 5. The van der Waals surface area contributed by atoms with Gasteiger partial charge < -0.3 is 11.1 Å². The molecule has 0 aromatic heterocycles. The Morgan fingerprint density at radius 1 is 1.33 bits per heavy atom. The molecule has 0 fully saturated rings. The van der Waals surface area contributed by atoms with Crippen molar-refractivity contribution in [2.45, 2.75) is 33.1 Å². The third-order valence-corrected chi connectivity index (χ3v) is 2.77. The zero-order valence-corrected chi connectivity index (χ0v) is 10.2. The van der Waals surface area contributed by atoms with Crippen LogP contribution in [0.5, 0.6) is 0 Å². The summed E-state index contributed by atoms with van der Waals surface area (Å²) in [5.41, 5.74) is 8.59. The van der Waals surface area contributed by atoms with Crippen molar-refractivity contribution in [3.05, 3.63) is 22.7 Å². The molecule has 84 valence electrons. The molecule has 0 atom stereocenters. The van der Waals surface area contributed by atoms with Crippen LogP contribution >= 0.6 is 11.6 Å². The zero-order chi connectivity index (χ0) is 11.3. The van der Waals surface area contributed by atoms with Crippen LogP contribution in [0.4, 0.5) is 11.4 Å². The fourth-order valence-electron chi connectivity index (χ4n) is 1.49. The smallest absolute Gasteiger partial charge is 0.0656 e. The highest BCUT2D eigenvalue weighted by atomic mass is 35.5. The van der Waals surface area contributed by atoms with Crippen molar-refractivity contribution in [2.75, 3.05) is 17.6 Å². The second kappa shape index (κ2) is 5.86. The van der Waals surface area contributed by atoms with Crippen molar-refractivity contribution in [3.8, 4) is 0 Å². The first-order chi connectivity index (χ1) is 7.15. The van der Waals surface area contributed by atoms with Gasteiger partial charge in [0.15, 0.2) is 0 Å². The lowest BCUT2D eigenvalue weighted by atomic mass is 10.1. The fourth-order valence-corrected chi connectivity index (χ4v) is 1.66. The van der Waals surface area contributed by atoms with Gasteiger partial charge in [-0.15, -0.1) is 0 Å². The molecule has 0 spiro atoms. The molecule has 0 unspecified atom stereocenters. The van der Waals surface area contributed by atoms with Gasteiger partial charge in [-0.1, -0.05) is 31.4 Å². The number of nitrogens with two attached hydrogens (primary N) is 1. The summed E-state index contributed by atoms with van der Waals surface area (Å²) in [6, 6.07) is 3.81. The Kier molecular flexibility index (Phi) is 4.76. The summed E-state index contributed by atoms with van der Waals surface area (Å²) in [5.74, 6) is 0. The predicted molar refractivity (Wildman–Crippen MR) is 68.6 cm³/mol. The molecule has 0 heterocycles. The molecule has 0 amide bonds. The van der Waals surface area contributed by atoms with Gasteiger partial charge in [0.1, 0.15) is 0 Å². The minimum Gasteiger partial charge on any atom is -0.398 e. The molecule has 0 saturated heterocycles. The van der Waals surface area contributed by atoms with Gasteiger partial charge in [0, 0.05) is 12.2 Å². The number of anilines is 2. The van der Waals surface area contributed by atoms with Gasteiger partial charge in [-0.05, 0) is 31.0 Å². The van der Waals surface area contributed by atoms with Crippen LogP contribution < -0.4 is 11.1 Å². The Bertz CT molecular complexity index is 324. The first-order valence-electron chi connectivity index (χ1n) is 5.44. The van der Waals surface area contributed by atoms with Gasteiger partial charge in [0.25, 0.3) is 0 Å². The number of unbranched alkanes of at least 4 members (excludes halogenated alkanes) is 2. The number of nitrogen functional groups attached to an aromatic ring is 1. The first kappa shape index (κ1) is 12.2. The van der Waals surface area contributed by atoms with Gasteiger partial charge in [-0.3, -0.25) is 0 Å². The lowest BCUT2D eigenvalue weighted by molar-refractivity contribution is 0.743. The minimum atomic E-state index is 0.624. The molecule has 1 aromatic rings. The van der Waals surface area contributed by atoms with Crippen LogP contribution in [0.2, 0.25) is 5.02 Å². The fraction of sp³-hybridized carbons (Fsp3) is 0.500. The van der Waals surface area contributed by atoms with Gasteiger partial charge in [0.2, 0.25) is 0 Å². The van der Waals surface area contributed by atoms with Crippen LogP contribution in [0.3, 0.4) is 0 Å². The maximum absolute atomic E-state index is 5.96. The summed E-state index contributed by atoms with van der Waals surface area (Å²) in [6.45, 7) is 5.23. The van der Waals surface area contributed by atoms with Crippen molar-refractivity contribution in [1.29, 1.82) is 0 Å². The third-order valence-electron chi connectivity index (χ3n) is 2.44. The standard InChI is InChI=1S/C12H19ClN2/c1-3-4-5-6-15-12-8-10(13)11(14)7-9(12)2/h7-8,15H,3-6,14H2,1-2H3. The number of hydrogen-bond acceptors (Lipinski definition) is 2. The molecule has 2 nitrogen and oxygen atoms in total. The van der Waals surface area contributed by atoms with E-state index in [2.05, 4.69) is 12.2 Å². The molecule has 3 heteroatoms. The van der Waals surface area contributed by atoms with E-state index in [0.717, 1.165) is 17.8 Å². The largest absolute Gasteiger partial charge is 0.398 e. The third kappa shape index (κ3) is 3.63. The van der Waals surface area contributed by atoms with Crippen LogP contribution in [-0.2, 0) is 0 Å². The molecule has 15 heavy (non-hydrogen) atoms. The molecular formula is C12H19ClN2. The van der Waals surface area contributed by atoms with E-state index in [-0.39, 0.29) is 0 Å². The number of benzene rings is 1. The van der Waals surface area contributed by atoms with E-state index in [4.69, 9.17) is 17.3 Å². The maximum Gasteiger partial charge on any atom is 0.0656 e. The summed E-state index contributed by atoms with van der Waals surface area (Å²) in [7, 11) is 0. The number of nitrogens with one attached hydrogen (secondary N) is 1. The highest BCUT2D eigenvalue weighted by molar-refractivity contribution is 6.33. The lowest BCUT2D eigenvalue weighted by Gasteiger charge is -2.11. The van der Waals surface area contributed by atoms with Crippen molar-refractivity contribution in [1.82, 2.24) is 0 Å². The molecule has 0 radical (unpaired) electrons. The van der Waals surface area contributed by atoms with E-state index in [0.29, 0.717) is 10.7 Å². The SMILES string of the molecule is CCCCCNc1cc(Cl)c(N)cc1C. The van der Waals surface area contributed by atoms with E-state index >= 15 is 0 Å². The van der Waals surface area contributed by atoms with Crippen molar-refractivity contribution >= 4 is 23.0 Å².